The van der Waals surface area contributed by atoms with E-state index in [4.69, 9.17) is 9.47 Å². The molecule has 0 aliphatic carbocycles. The summed E-state index contributed by atoms with van der Waals surface area (Å²) in [6, 6.07) is 1.80. The summed E-state index contributed by atoms with van der Waals surface area (Å²) in [6.45, 7) is 4.67. The summed E-state index contributed by atoms with van der Waals surface area (Å²) in [4.78, 5) is 0. The molecule has 0 amide bonds. The van der Waals surface area contributed by atoms with Crippen molar-refractivity contribution in [2.45, 2.75) is 26.4 Å². The molecule has 196 valence electrons. The Morgan fingerprint density at radius 3 is 1.30 bits per heavy atom. The lowest BCUT2D eigenvalue weighted by Crippen LogP contribution is -2.24. The summed E-state index contributed by atoms with van der Waals surface area (Å²) < 4.78 is 129. The zero-order valence-corrected chi connectivity index (χ0v) is 22.4. The van der Waals surface area contributed by atoms with Gasteiger partial charge in [0.1, 0.15) is 17.1 Å². The molecule has 0 aliphatic heterocycles. The Morgan fingerprint density at radius 1 is 0.568 bits per heavy atom. The van der Waals surface area contributed by atoms with E-state index in [2.05, 4.69) is 31.9 Å². The summed E-state index contributed by atoms with van der Waals surface area (Å²) in [6.07, 6.45) is 0. The zero-order chi connectivity index (χ0) is 27.7. The van der Waals surface area contributed by atoms with Crippen LogP contribution in [0.5, 0.6) is 11.5 Å². The highest BCUT2D eigenvalue weighted by Crippen LogP contribution is 2.53. The second-order valence-electron chi connectivity index (χ2n) is 8.90. The maximum absolute atomic E-state index is 15.4. The van der Waals surface area contributed by atoms with Crippen LogP contribution in [0.2, 0.25) is 0 Å². The van der Waals surface area contributed by atoms with Crippen molar-refractivity contribution in [3.63, 3.8) is 0 Å². The van der Waals surface area contributed by atoms with Crippen LogP contribution >= 0.6 is 31.9 Å². The minimum atomic E-state index is -2.20. The van der Waals surface area contributed by atoms with E-state index in [1.165, 1.54) is 0 Å². The molecule has 0 bridgehead atoms. The molecule has 4 rings (SSSR count). The number of methoxy groups -OCH3 is 1. The topological polar surface area (TPSA) is 18.5 Å². The second-order valence-corrected chi connectivity index (χ2v) is 10.6. The monoisotopic (exact) mass is 656 g/mol. The molecule has 0 unspecified atom stereocenters. The van der Waals surface area contributed by atoms with Gasteiger partial charge in [-0.3, -0.25) is 0 Å². The number of benzene rings is 4. The molecule has 0 radical (unpaired) electrons. The van der Waals surface area contributed by atoms with Gasteiger partial charge in [0.15, 0.2) is 46.5 Å². The van der Waals surface area contributed by atoms with E-state index in [0.717, 1.165) is 19.2 Å². The van der Waals surface area contributed by atoms with Crippen LogP contribution in [0.25, 0.3) is 32.7 Å². The Labute approximate surface area is 221 Å². The first-order chi connectivity index (χ1) is 17.1. The van der Waals surface area contributed by atoms with Crippen molar-refractivity contribution in [1.82, 2.24) is 0 Å². The van der Waals surface area contributed by atoms with E-state index in [0.29, 0.717) is 0 Å². The highest BCUT2D eigenvalue weighted by Gasteiger charge is 2.34. The Hall–Kier alpha value is -2.60. The molecule has 4 aromatic rings. The largest absolute Gasteiger partial charge is 0.495 e. The zero-order valence-electron chi connectivity index (χ0n) is 19.3. The quantitative estimate of drug-likeness (QED) is 0.124. The Balaban J connectivity index is 2.45. The van der Waals surface area contributed by atoms with Crippen LogP contribution in [-0.4, -0.2) is 12.7 Å². The molecule has 4 aromatic carbocycles. The maximum Gasteiger partial charge on any atom is 0.198 e. The number of hydrogen-bond acceptors (Lipinski definition) is 2. The molecular formula is C25H14Br2F8O2. The van der Waals surface area contributed by atoms with Gasteiger partial charge in [0.05, 0.1) is 16.1 Å². The van der Waals surface area contributed by atoms with Gasteiger partial charge in [-0.15, -0.1) is 0 Å². The van der Waals surface area contributed by atoms with Crippen LogP contribution < -0.4 is 9.47 Å². The number of rotatable bonds is 3. The van der Waals surface area contributed by atoms with Crippen LogP contribution in [0.15, 0.2) is 21.1 Å². The molecule has 0 saturated carbocycles. The molecule has 12 heteroatoms. The van der Waals surface area contributed by atoms with E-state index in [1.54, 1.807) is 20.8 Å². The number of halogens is 10. The third-order valence-corrected chi connectivity index (χ3v) is 6.58. The van der Waals surface area contributed by atoms with Gasteiger partial charge in [-0.2, -0.15) is 0 Å². The van der Waals surface area contributed by atoms with Gasteiger partial charge >= 0.3 is 0 Å². The van der Waals surface area contributed by atoms with E-state index >= 15 is 8.78 Å². The van der Waals surface area contributed by atoms with Crippen molar-refractivity contribution in [1.29, 1.82) is 0 Å². The van der Waals surface area contributed by atoms with Gasteiger partial charge in [0.25, 0.3) is 0 Å². The minimum Gasteiger partial charge on any atom is -0.495 e. The van der Waals surface area contributed by atoms with E-state index in [1.807, 2.05) is 0 Å². The third kappa shape index (κ3) is 4.21. The molecular weight excluding hydrogens is 644 g/mol. The lowest BCUT2D eigenvalue weighted by atomic mass is 9.90. The van der Waals surface area contributed by atoms with E-state index < -0.39 is 84.8 Å². The first-order valence-electron chi connectivity index (χ1n) is 10.3. The standard InChI is InChI=1S/C25H14Br2F8O2/c1-25(2,3)37-24-10(27)6-8-12(18(31)22(35)20(33)16(8)29)14(24)13-11-7(5-9(26)23(13)36-4)15(28)19(32)21(34)17(11)30/h5-6H,1-4H3. The minimum absolute atomic E-state index is 0.132. The first kappa shape index (κ1) is 27.4. The molecule has 0 fully saturated rings. The number of fused-ring (bicyclic) bond motifs is 2. The summed E-state index contributed by atoms with van der Waals surface area (Å²) in [7, 11) is 1.07. The summed E-state index contributed by atoms with van der Waals surface area (Å²) in [5.74, 6) is -16.7. The van der Waals surface area contributed by atoms with Gasteiger partial charge in [0.2, 0.25) is 0 Å². The van der Waals surface area contributed by atoms with Crippen LogP contribution in [-0.2, 0) is 0 Å². The molecule has 2 nitrogen and oxygen atoms in total. The Morgan fingerprint density at radius 2 is 0.919 bits per heavy atom. The van der Waals surface area contributed by atoms with Crippen molar-refractivity contribution in [2.75, 3.05) is 7.11 Å². The predicted molar refractivity (Wildman–Crippen MR) is 129 cm³/mol. The summed E-state index contributed by atoms with van der Waals surface area (Å²) in [5, 5.41) is -3.50. The average molecular weight is 658 g/mol. The number of ether oxygens (including phenoxy) is 2. The summed E-state index contributed by atoms with van der Waals surface area (Å²) >= 11 is 6.19. The predicted octanol–water partition coefficient (Wildman–Crippen LogP) is 9.48. The Kier molecular flexibility index (Phi) is 6.90. The lowest BCUT2D eigenvalue weighted by Gasteiger charge is -2.27. The van der Waals surface area contributed by atoms with E-state index in [-0.39, 0.29) is 20.4 Å². The Bertz CT molecular complexity index is 1630. The molecule has 0 saturated heterocycles. The van der Waals surface area contributed by atoms with Crippen LogP contribution in [0.1, 0.15) is 20.8 Å². The second kappa shape index (κ2) is 9.30. The van der Waals surface area contributed by atoms with Crippen molar-refractivity contribution < 1.29 is 44.6 Å². The highest BCUT2D eigenvalue weighted by atomic mass is 79.9. The van der Waals surface area contributed by atoms with Crippen molar-refractivity contribution in [3.8, 4) is 22.6 Å². The van der Waals surface area contributed by atoms with Crippen LogP contribution in [0.3, 0.4) is 0 Å². The smallest absolute Gasteiger partial charge is 0.198 e. The van der Waals surface area contributed by atoms with Crippen molar-refractivity contribution in [2.24, 2.45) is 0 Å². The average Bonchev–Trinajstić information content (AvgIpc) is 2.82. The molecule has 0 heterocycles. The number of hydrogen-bond donors (Lipinski definition) is 0. The van der Waals surface area contributed by atoms with Crippen molar-refractivity contribution >= 4 is 53.4 Å². The molecule has 0 aromatic heterocycles. The van der Waals surface area contributed by atoms with E-state index in [9.17, 15) is 26.3 Å². The fraction of sp³-hybridized carbons (Fsp3) is 0.200. The lowest BCUT2D eigenvalue weighted by molar-refractivity contribution is 0.131. The normalized spacial score (nSPS) is 12.1. The van der Waals surface area contributed by atoms with Gasteiger partial charge < -0.3 is 9.47 Å². The molecule has 0 atom stereocenters. The SMILES string of the molecule is COc1c(Br)cc2c(F)c(F)c(F)c(F)c2c1-c1c(OC(C)(C)C)c(Br)cc2c(F)c(F)c(F)c(F)c12. The molecule has 0 spiro atoms. The van der Waals surface area contributed by atoms with Crippen molar-refractivity contribution in [3.05, 3.63) is 67.6 Å². The summed E-state index contributed by atoms with van der Waals surface area (Å²) in [5.41, 5.74) is -2.35. The van der Waals surface area contributed by atoms with Crippen LogP contribution in [0.4, 0.5) is 35.1 Å². The molecule has 0 aliphatic rings. The third-order valence-electron chi connectivity index (χ3n) is 5.40. The molecule has 37 heavy (non-hydrogen) atoms. The highest BCUT2D eigenvalue weighted by molar-refractivity contribution is 9.11. The fourth-order valence-corrected chi connectivity index (χ4v) is 5.09. The van der Waals surface area contributed by atoms with Gasteiger partial charge in [0, 0.05) is 32.7 Å². The maximum atomic E-state index is 15.4. The fourth-order valence-electron chi connectivity index (χ4n) is 3.99. The van der Waals surface area contributed by atoms with Crippen LogP contribution in [0, 0.1) is 46.5 Å². The van der Waals surface area contributed by atoms with Gasteiger partial charge in [-0.1, -0.05) is 0 Å². The molecule has 0 N–H and O–H groups in total. The van der Waals surface area contributed by atoms with Gasteiger partial charge in [-0.05, 0) is 64.8 Å². The van der Waals surface area contributed by atoms with Gasteiger partial charge in [-0.25, -0.2) is 35.1 Å². The first-order valence-corrected chi connectivity index (χ1v) is 11.9.